The van der Waals surface area contributed by atoms with Crippen LogP contribution < -0.4 is 10.1 Å². The van der Waals surface area contributed by atoms with E-state index in [-0.39, 0.29) is 6.42 Å². The summed E-state index contributed by atoms with van der Waals surface area (Å²) in [4.78, 5) is 28.3. The first-order valence-electron chi connectivity index (χ1n) is 8.12. The topological polar surface area (TPSA) is 90.7 Å². The van der Waals surface area contributed by atoms with E-state index in [2.05, 4.69) is 10.3 Å². The molecule has 1 aromatic carbocycles. The minimum absolute atomic E-state index is 0.0177. The number of carbonyl (C=O) groups excluding carboxylic acids is 2. The van der Waals surface area contributed by atoms with Gasteiger partial charge in [0.1, 0.15) is 17.2 Å². The number of nitrogens with one attached hydrogen (secondary N) is 1. The number of methoxy groups -OCH3 is 1. The second kappa shape index (κ2) is 8.09. The highest BCUT2D eigenvalue weighted by atomic mass is 35.5. The van der Waals surface area contributed by atoms with Crippen molar-refractivity contribution >= 4 is 40.3 Å². The SMILES string of the molecule is COc1ccc2c(CC(=O)OC(C)C(=O)Nc3ccc(Cl)cn3)coc2c1. The monoisotopic (exact) mass is 388 g/mol. The van der Waals surface area contributed by atoms with E-state index in [1.165, 1.54) is 19.4 Å². The molecule has 1 atom stereocenters. The predicted molar refractivity (Wildman–Crippen MR) is 99.9 cm³/mol. The molecule has 7 nitrogen and oxygen atoms in total. The average molecular weight is 389 g/mol. The molecule has 8 heteroatoms. The first kappa shape index (κ1) is 18.7. The summed E-state index contributed by atoms with van der Waals surface area (Å²) in [6, 6.07) is 8.48. The van der Waals surface area contributed by atoms with Crippen LogP contribution in [0.5, 0.6) is 5.75 Å². The fourth-order valence-corrected chi connectivity index (χ4v) is 2.56. The number of benzene rings is 1. The van der Waals surface area contributed by atoms with E-state index in [0.717, 1.165) is 5.39 Å². The lowest BCUT2D eigenvalue weighted by Crippen LogP contribution is -2.30. The van der Waals surface area contributed by atoms with Crippen LogP contribution in [0.15, 0.2) is 47.2 Å². The Morgan fingerprint density at radius 2 is 2.11 bits per heavy atom. The molecule has 1 unspecified atom stereocenters. The summed E-state index contributed by atoms with van der Waals surface area (Å²) in [6.07, 6.45) is 1.91. The van der Waals surface area contributed by atoms with Crippen molar-refractivity contribution in [2.75, 3.05) is 12.4 Å². The largest absolute Gasteiger partial charge is 0.497 e. The fraction of sp³-hybridized carbons (Fsp3) is 0.211. The zero-order valence-corrected chi connectivity index (χ0v) is 15.4. The third kappa shape index (κ3) is 4.57. The Bertz CT molecular complexity index is 968. The van der Waals surface area contributed by atoms with Crippen molar-refractivity contribution in [2.24, 2.45) is 0 Å². The number of esters is 1. The Hall–Kier alpha value is -3.06. The van der Waals surface area contributed by atoms with Crippen LogP contribution in [-0.4, -0.2) is 30.1 Å². The van der Waals surface area contributed by atoms with Crippen LogP contribution >= 0.6 is 11.6 Å². The molecule has 2 heterocycles. The minimum Gasteiger partial charge on any atom is -0.497 e. The zero-order valence-electron chi connectivity index (χ0n) is 14.7. The molecule has 0 aliphatic heterocycles. The van der Waals surface area contributed by atoms with E-state index in [9.17, 15) is 9.59 Å². The van der Waals surface area contributed by atoms with Gasteiger partial charge < -0.3 is 19.2 Å². The molecule has 0 saturated carbocycles. The molecule has 27 heavy (non-hydrogen) atoms. The summed E-state index contributed by atoms with van der Waals surface area (Å²) in [5, 5.41) is 3.80. The molecule has 2 aromatic heterocycles. The maximum Gasteiger partial charge on any atom is 0.311 e. The lowest BCUT2D eigenvalue weighted by atomic mass is 10.1. The summed E-state index contributed by atoms with van der Waals surface area (Å²) in [7, 11) is 1.56. The number of furan rings is 1. The number of anilines is 1. The summed E-state index contributed by atoms with van der Waals surface area (Å²) in [6.45, 7) is 1.49. The number of ether oxygens (including phenoxy) is 2. The Labute approximate surface area is 160 Å². The molecule has 0 bridgehead atoms. The highest BCUT2D eigenvalue weighted by molar-refractivity contribution is 6.30. The molecule has 0 fully saturated rings. The maximum atomic E-state index is 12.2. The third-order valence-corrected chi connectivity index (χ3v) is 4.08. The van der Waals surface area contributed by atoms with Gasteiger partial charge >= 0.3 is 5.97 Å². The van der Waals surface area contributed by atoms with Gasteiger partial charge in [-0.05, 0) is 31.2 Å². The van der Waals surface area contributed by atoms with E-state index in [0.29, 0.717) is 27.7 Å². The molecular weight excluding hydrogens is 372 g/mol. The first-order chi connectivity index (χ1) is 13.0. The number of hydrogen-bond donors (Lipinski definition) is 1. The lowest BCUT2D eigenvalue weighted by molar-refractivity contribution is -0.152. The lowest BCUT2D eigenvalue weighted by Gasteiger charge is -2.13. The summed E-state index contributed by atoms with van der Waals surface area (Å²) in [5.41, 5.74) is 1.28. The van der Waals surface area contributed by atoms with Crippen molar-refractivity contribution in [3.8, 4) is 5.75 Å². The Kier molecular flexibility index (Phi) is 5.61. The van der Waals surface area contributed by atoms with Crippen LogP contribution in [0.4, 0.5) is 5.82 Å². The number of carbonyl (C=O) groups is 2. The van der Waals surface area contributed by atoms with Crippen molar-refractivity contribution < 1.29 is 23.5 Å². The Morgan fingerprint density at radius 1 is 1.30 bits per heavy atom. The number of amides is 1. The Balaban J connectivity index is 1.60. The molecule has 0 spiro atoms. The van der Waals surface area contributed by atoms with Gasteiger partial charge in [0.15, 0.2) is 6.10 Å². The first-order valence-corrected chi connectivity index (χ1v) is 8.50. The molecule has 1 amide bonds. The van der Waals surface area contributed by atoms with Gasteiger partial charge in [-0.3, -0.25) is 9.59 Å². The molecule has 140 valence electrons. The molecule has 0 radical (unpaired) electrons. The Morgan fingerprint density at radius 3 is 2.81 bits per heavy atom. The van der Waals surface area contributed by atoms with Crippen molar-refractivity contribution in [3.63, 3.8) is 0 Å². The van der Waals surface area contributed by atoms with Crippen LogP contribution in [0.2, 0.25) is 5.02 Å². The highest BCUT2D eigenvalue weighted by Gasteiger charge is 2.20. The van der Waals surface area contributed by atoms with Gasteiger partial charge in [0.05, 0.1) is 24.8 Å². The van der Waals surface area contributed by atoms with E-state index in [1.54, 1.807) is 31.4 Å². The molecule has 0 saturated heterocycles. The fourth-order valence-electron chi connectivity index (χ4n) is 2.45. The standard InChI is InChI=1S/C19H17ClN2O5/c1-11(19(24)22-17-6-3-13(20)9-21-17)27-18(23)7-12-10-26-16-8-14(25-2)4-5-15(12)16/h3-6,8-11H,7H2,1-2H3,(H,21,22,24). The van der Waals surface area contributed by atoms with Gasteiger partial charge in [-0.15, -0.1) is 0 Å². The van der Waals surface area contributed by atoms with Crippen molar-refractivity contribution in [1.82, 2.24) is 4.98 Å². The van der Waals surface area contributed by atoms with Crippen molar-refractivity contribution in [2.45, 2.75) is 19.4 Å². The average Bonchev–Trinajstić information content (AvgIpc) is 3.05. The van der Waals surface area contributed by atoms with Crippen LogP contribution in [0, 0.1) is 0 Å². The molecule has 0 aliphatic rings. The van der Waals surface area contributed by atoms with Gasteiger partial charge in [0, 0.05) is 23.2 Å². The molecule has 3 rings (SSSR count). The second-order valence-electron chi connectivity index (χ2n) is 5.78. The molecule has 3 aromatic rings. The number of aromatic nitrogens is 1. The molecule has 0 aliphatic carbocycles. The highest BCUT2D eigenvalue weighted by Crippen LogP contribution is 2.26. The summed E-state index contributed by atoms with van der Waals surface area (Å²) < 4.78 is 15.8. The van der Waals surface area contributed by atoms with Gasteiger partial charge in [0.25, 0.3) is 5.91 Å². The van der Waals surface area contributed by atoms with Crippen molar-refractivity contribution in [3.05, 3.63) is 53.4 Å². The number of nitrogens with zero attached hydrogens (tertiary/aromatic N) is 1. The quantitative estimate of drug-likeness (QED) is 0.649. The van der Waals surface area contributed by atoms with Crippen LogP contribution in [-0.2, 0) is 20.7 Å². The maximum absolute atomic E-state index is 12.2. The van der Waals surface area contributed by atoms with Crippen LogP contribution in [0.3, 0.4) is 0 Å². The van der Waals surface area contributed by atoms with Crippen LogP contribution in [0.25, 0.3) is 11.0 Å². The van der Waals surface area contributed by atoms with E-state index in [1.807, 2.05) is 6.07 Å². The predicted octanol–water partition coefficient (Wildman–Crippen LogP) is 3.60. The van der Waals surface area contributed by atoms with E-state index < -0.39 is 18.0 Å². The second-order valence-corrected chi connectivity index (χ2v) is 6.22. The van der Waals surface area contributed by atoms with Crippen LogP contribution in [0.1, 0.15) is 12.5 Å². The number of halogens is 1. The molecular formula is C19H17ClN2O5. The molecule has 1 N–H and O–H groups in total. The third-order valence-electron chi connectivity index (χ3n) is 3.85. The van der Waals surface area contributed by atoms with Gasteiger partial charge in [-0.2, -0.15) is 0 Å². The zero-order chi connectivity index (χ0) is 19.4. The number of pyridine rings is 1. The summed E-state index contributed by atoms with van der Waals surface area (Å²) >= 11 is 5.75. The van der Waals surface area contributed by atoms with Gasteiger partial charge in [-0.25, -0.2) is 4.98 Å². The number of hydrogen-bond acceptors (Lipinski definition) is 6. The smallest absolute Gasteiger partial charge is 0.311 e. The normalized spacial score (nSPS) is 11.8. The number of fused-ring (bicyclic) bond motifs is 1. The van der Waals surface area contributed by atoms with Gasteiger partial charge in [-0.1, -0.05) is 11.6 Å². The summed E-state index contributed by atoms with van der Waals surface area (Å²) in [5.74, 6) is -0.0469. The minimum atomic E-state index is -0.978. The van der Waals surface area contributed by atoms with E-state index >= 15 is 0 Å². The number of rotatable bonds is 6. The van der Waals surface area contributed by atoms with E-state index in [4.69, 9.17) is 25.5 Å². The van der Waals surface area contributed by atoms with Gasteiger partial charge in [0.2, 0.25) is 0 Å². The van der Waals surface area contributed by atoms with Crippen molar-refractivity contribution in [1.29, 1.82) is 0 Å².